The largest absolute Gasteiger partial charge is 0.497 e. The van der Waals surface area contributed by atoms with Crippen molar-refractivity contribution in [3.63, 3.8) is 0 Å². The molecule has 0 aliphatic carbocycles. The first kappa shape index (κ1) is 13.8. The van der Waals surface area contributed by atoms with Gasteiger partial charge in [-0.25, -0.2) is 0 Å². The molecular weight excluding hydrogens is 260 g/mol. The molecule has 3 nitrogen and oxygen atoms in total. The van der Waals surface area contributed by atoms with E-state index in [2.05, 4.69) is 22.4 Å². The molecule has 4 heteroatoms. The Morgan fingerprint density at radius 1 is 1.32 bits per heavy atom. The fourth-order valence-corrected chi connectivity index (χ4v) is 2.02. The first-order valence-corrected chi connectivity index (χ1v) is 6.59. The van der Waals surface area contributed by atoms with Gasteiger partial charge in [0.15, 0.2) is 0 Å². The zero-order chi connectivity index (χ0) is 13.5. The van der Waals surface area contributed by atoms with E-state index in [-0.39, 0.29) is 0 Å². The summed E-state index contributed by atoms with van der Waals surface area (Å²) in [6.45, 7) is 1.65. The molecule has 0 saturated carbocycles. The number of hydrogen-bond donors (Lipinski definition) is 1. The lowest BCUT2D eigenvalue weighted by Crippen LogP contribution is -2.17. The quantitative estimate of drug-likeness (QED) is 0.824. The number of hydrogen-bond acceptors (Lipinski definition) is 3. The maximum absolute atomic E-state index is 6.04. The zero-order valence-corrected chi connectivity index (χ0v) is 11.7. The van der Waals surface area contributed by atoms with Crippen molar-refractivity contribution in [2.75, 3.05) is 13.7 Å². The summed E-state index contributed by atoms with van der Waals surface area (Å²) in [5, 5.41) is 4.08. The van der Waals surface area contributed by atoms with Crippen LogP contribution < -0.4 is 10.1 Å². The first-order valence-electron chi connectivity index (χ1n) is 6.21. The molecule has 19 heavy (non-hydrogen) atoms. The van der Waals surface area contributed by atoms with E-state index in [0.717, 1.165) is 30.8 Å². The third kappa shape index (κ3) is 4.23. The monoisotopic (exact) mass is 276 g/mol. The molecule has 0 bridgehead atoms. The standard InChI is InChI=1S/C15H17ClN2O/c1-19-14-4-2-3-12(9-14)5-7-17-10-13-6-8-18-11-15(13)16/h2-4,6,8-9,11,17H,5,7,10H2,1H3. The normalized spacial score (nSPS) is 10.4. The predicted octanol–water partition coefficient (Wildman–Crippen LogP) is 3.08. The second kappa shape index (κ2) is 7.12. The third-order valence-electron chi connectivity index (χ3n) is 2.90. The number of halogens is 1. The minimum Gasteiger partial charge on any atom is -0.497 e. The van der Waals surface area contributed by atoms with Gasteiger partial charge in [-0.05, 0) is 42.3 Å². The number of ether oxygens (including phenoxy) is 1. The van der Waals surface area contributed by atoms with Crippen LogP contribution in [-0.2, 0) is 13.0 Å². The lowest BCUT2D eigenvalue weighted by Gasteiger charge is -2.07. The molecule has 1 N–H and O–H groups in total. The molecule has 2 rings (SSSR count). The Labute approximate surface area is 118 Å². The van der Waals surface area contributed by atoms with Gasteiger partial charge in [-0.3, -0.25) is 4.98 Å². The number of aromatic nitrogens is 1. The second-order valence-corrected chi connectivity index (χ2v) is 4.65. The fraction of sp³-hybridized carbons (Fsp3) is 0.267. The van der Waals surface area contributed by atoms with E-state index >= 15 is 0 Å². The van der Waals surface area contributed by atoms with Crippen LogP contribution in [0, 0.1) is 0 Å². The number of benzene rings is 1. The minimum atomic E-state index is 0.705. The highest BCUT2D eigenvalue weighted by molar-refractivity contribution is 6.31. The molecule has 0 spiro atoms. The Hall–Kier alpha value is -1.58. The predicted molar refractivity (Wildman–Crippen MR) is 77.7 cm³/mol. The van der Waals surface area contributed by atoms with Crippen LogP contribution in [-0.4, -0.2) is 18.6 Å². The second-order valence-electron chi connectivity index (χ2n) is 4.25. The van der Waals surface area contributed by atoms with Crippen molar-refractivity contribution < 1.29 is 4.74 Å². The van der Waals surface area contributed by atoms with Gasteiger partial charge in [0, 0.05) is 18.9 Å². The smallest absolute Gasteiger partial charge is 0.119 e. The van der Waals surface area contributed by atoms with E-state index in [1.165, 1.54) is 5.56 Å². The average Bonchev–Trinajstić information content (AvgIpc) is 2.45. The van der Waals surface area contributed by atoms with Crippen molar-refractivity contribution in [1.29, 1.82) is 0 Å². The summed E-state index contributed by atoms with van der Waals surface area (Å²) in [4.78, 5) is 3.97. The number of rotatable bonds is 6. The first-order chi connectivity index (χ1) is 9.29. The van der Waals surface area contributed by atoms with Gasteiger partial charge in [0.2, 0.25) is 0 Å². The van der Waals surface area contributed by atoms with Gasteiger partial charge < -0.3 is 10.1 Å². The number of nitrogens with zero attached hydrogens (tertiary/aromatic N) is 1. The van der Waals surface area contributed by atoms with Crippen LogP contribution >= 0.6 is 11.6 Å². The third-order valence-corrected chi connectivity index (χ3v) is 3.24. The Balaban J connectivity index is 1.79. The highest BCUT2D eigenvalue weighted by Crippen LogP contribution is 2.14. The molecule has 0 saturated heterocycles. The number of nitrogens with one attached hydrogen (secondary N) is 1. The number of pyridine rings is 1. The van der Waals surface area contributed by atoms with Crippen molar-refractivity contribution in [3.8, 4) is 5.75 Å². The van der Waals surface area contributed by atoms with E-state index in [4.69, 9.17) is 16.3 Å². The highest BCUT2D eigenvalue weighted by Gasteiger charge is 1.99. The summed E-state index contributed by atoms with van der Waals surface area (Å²) in [6.07, 6.45) is 4.38. The maximum atomic E-state index is 6.04. The van der Waals surface area contributed by atoms with Crippen LogP contribution in [0.4, 0.5) is 0 Å². The summed E-state index contributed by atoms with van der Waals surface area (Å²) in [5.41, 5.74) is 2.33. The van der Waals surface area contributed by atoms with Crippen LogP contribution in [0.5, 0.6) is 5.75 Å². The van der Waals surface area contributed by atoms with Crippen molar-refractivity contribution in [2.45, 2.75) is 13.0 Å². The zero-order valence-electron chi connectivity index (χ0n) is 10.9. The molecule has 0 amide bonds. The van der Waals surface area contributed by atoms with Gasteiger partial charge in [-0.1, -0.05) is 23.7 Å². The molecule has 0 aliphatic heterocycles. The van der Waals surface area contributed by atoms with E-state index in [0.29, 0.717) is 5.02 Å². The van der Waals surface area contributed by atoms with Crippen LogP contribution in [0.25, 0.3) is 0 Å². The maximum Gasteiger partial charge on any atom is 0.119 e. The molecule has 0 radical (unpaired) electrons. The van der Waals surface area contributed by atoms with Gasteiger partial charge in [-0.2, -0.15) is 0 Å². The molecule has 0 fully saturated rings. The van der Waals surface area contributed by atoms with Crippen molar-refractivity contribution in [2.24, 2.45) is 0 Å². The minimum absolute atomic E-state index is 0.705. The lowest BCUT2D eigenvalue weighted by atomic mass is 10.1. The summed E-state index contributed by atoms with van der Waals surface area (Å²) in [7, 11) is 1.68. The highest BCUT2D eigenvalue weighted by atomic mass is 35.5. The Bertz CT molecular complexity index is 531. The molecule has 1 aromatic carbocycles. The van der Waals surface area contributed by atoms with Crippen LogP contribution in [0.15, 0.2) is 42.7 Å². The van der Waals surface area contributed by atoms with E-state index in [1.807, 2.05) is 18.2 Å². The summed E-state index contributed by atoms with van der Waals surface area (Å²) in [5.74, 6) is 0.898. The average molecular weight is 277 g/mol. The van der Waals surface area contributed by atoms with Crippen molar-refractivity contribution in [1.82, 2.24) is 10.3 Å². The number of methoxy groups -OCH3 is 1. The fourth-order valence-electron chi connectivity index (χ4n) is 1.83. The molecular formula is C15H17ClN2O. The summed E-state index contributed by atoms with van der Waals surface area (Å²) >= 11 is 6.04. The van der Waals surface area contributed by atoms with E-state index < -0.39 is 0 Å². The van der Waals surface area contributed by atoms with Crippen LogP contribution in [0.2, 0.25) is 5.02 Å². The topological polar surface area (TPSA) is 34.1 Å². The molecule has 100 valence electrons. The Morgan fingerprint density at radius 3 is 3.00 bits per heavy atom. The Morgan fingerprint density at radius 2 is 2.21 bits per heavy atom. The van der Waals surface area contributed by atoms with Gasteiger partial charge in [0.05, 0.1) is 12.1 Å². The lowest BCUT2D eigenvalue weighted by molar-refractivity contribution is 0.414. The molecule has 0 atom stereocenters. The van der Waals surface area contributed by atoms with Gasteiger partial charge in [0.1, 0.15) is 5.75 Å². The van der Waals surface area contributed by atoms with Gasteiger partial charge in [0.25, 0.3) is 0 Å². The Kier molecular flexibility index (Phi) is 5.19. The molecule has 2 aromatic rings. The van der Waals surface area contributed by atoms with Gasteiger partial charge in [-0.15, -0.1) is 0 Å². The van der Waals surface area contributed by atoms with E-state index in [9.17, 15) is 0 Å². The molecule has 1 aromatic heterocycles. The molecule has 0 unspecified atom stereocenters. The SMILES string of the molecule is COc1cccc(CCNCc2ccncc2Cl)c1. The van der Waals surface area contributed by atoms with Crippen molar-refractivity contribution in [3.05, 3.63) is 58.9 Å². The summed E-state index contributed by atoms with van der Waals surface area (Å²) in [6, 6.07) is 10.0. The molecule has 0 aliphatic rings. The van der Waals surface area contributed by atoms with Crippen molar-refractivity contribution >= 4 is 11.6 Å². The van der Waals surface area contributed by atoms with Crippen LogP contribution in [0.1, 0.15) is 11.1 Å². The molecule has 1 heterocycles. The van der Waals surface area contributed by atoms with Gasteiger partial charge >= 0.3 is 0 Å². The van der Waals surface area contributed by atoms with Crippen LogP contribution in [0.3, 0.4) is 0 Å². The van der Waals surface area contributed by atoms with E-state index in [1.54, 1.807) is 19.5 Å². The summed E-state index contributed by atoms with van der Waals surface area (Å²) < 4.78 is 5.20.